The van der Waals surface area contributed by atoms with Gasteiger partial charge in [0, 0.05) is 10.8 Å². The van der Waals surface area contributed by atoms with E-state index in [2.05, 4.69) is 12.6 Å². The molecule has 0 spiro atoms. The average molecular weight is 233 g/mol. The third-order valence-electron chi connectivity index (χ3n) is 1.98. The molecule has 0 saturated heterocycles. The van der Waals surface area contributed by atoms with Crippen LogP contribution in [0, 0.1) is 0 Å². The zero-order valence-electron chi connectivity index (χ0n) is 7.60. The predicted octanol–water partition coefficient (Wildman–Crippen LogP) is 2.00. The Balaban J connectivity index is 2.73. The van der Waals surface area contributed by atoms with Gasteiger partial charge < -0.3 is 10.2 Å². The smallest absolute Gasteiger partial charge is 0.105 e. The van der Waals surface area contributed by atoms with Crippen molar-refractivity contribution in [3.63, 3.8) is 0 Å². The van der Waals surface area contributed by atoms with Crippen LogP contribution in [0.15, 0.2) is 29.2 Å². The zero-order valence-corrected chi connectivity index (χ0v) is 9.25. The van der Waals surface area contributed by atoms with E-state index in [0.717, 1.165) is 4.90 Å². The van der Waals surface area contributed by atoms with Gasteiger partial charge in [-0.25, -0.2) is 0 Å². The molecule has 2 N–H and O–H groups in total. The predicted molar refractivity (Wildman–Crippen MR) is 60.0 cm³/mol. The van der Waals surface area contributed by atoms with E-state index in [9.17, 15) is 10.2 Å². The third kappa shape index (κ3) is 3.17. The minimum atomic E-state index is -0.888. The van der Waals surface area contributed by atoms with E-state index in [1.807, 2.05) is 6.07 Å². The maximum absolute atomic E-state index is 9.70. The van der Waals surface area contributed by atoms with Crippen molar-refractivity contribution in [2.24, 2.45) is 0 Å². The first-order valence-electron chi connectivity index (χ1n) is 4.36. The molecule has 0 radical (unpaired) electrons. The van der Waals surface area contributed by atoms with E-state index in [4.69, 9.17) is 11.6 Å². The lowest BCUT2D eigenvalue weighted by Gasteiger charge is -2.17. The molecule has 2 atom stereocenters. The lowest BCUT2D eigenvalue weighted by atomic mass is 10.0. The molecular weight excluding hydrogens is 220 g/mol. The zero-order chi connectivity index (χ0) is 10.6. The highest BCUT2D eigenvalue weighted by Crippen LogP contribution is 2.21. The lowest BCUT2D eigenvalue weighted by molar-refractivity contribution is 0.0169. The summed E-state index contributed by atoms with van der Waals surface area (Å²) in [6.07, 6.45) is -1.33. The summed E-state index contributed by atoms with van der Waals surface area (Å²) in [5, 5.41) is 19.2. The molecule has 2 nitrogen and oxygen atoms in total. The van der Waals surface area contributed by atoms with E-state index in [0.29, 0.717) is 17.9 Å². The highest BCUT2D eigenvalue weighted by atomic mass is 35.5. The van der Waals surface area contributed by atoms with E-state index in [1.54, 1.807) is 18.2 Å². The Kier molecular flexibility index (Phi) is 4.75. The second-order valence-electron chi connectivity index (χ2n) is 3.08. The first kappa shape index (κ1) is 11.9. The Hall–Kier alpha value is -0.220. The van der Waals surface area contributed by atoms with Crippen LogP contribution >= 0.6 is 24.2 Å². The van der Waals surface area contributed by atoms with Crippen molar-refractivity contribution < 1.29 is 10.2 Å². The Labute approximate surface area is 93.9 Å². The maximum Gasteiger partial charge on any atom is 0.105 e. The molecule has 1 rings (SSSR count). The summed E-state index contributed by atoms with van der Waals surface area (Å²) >= 11 is 9.62. The van der Waals surface area contributed by atoms with Gasteiger partial charge in [-0.1, -0.05) is 12.1 Å². The summed E-state index contributed by atoms with van der Waals surface area (Å²) in [4.78, 5) is 0.764. The monoisotopic (exact) mass is 232 g/mol. The van der Waals surface area contributed by atoms with E-state index < -0.39 is 12.2 Å². The fourth-order valence-corrected chi connectivity index (χ4v) is 1.66. The summed E-state index contributed by atoms with van der Waals surface area (Å²) in [6, 6.07) is 7.08. The number of rotatable bonds is 4. The van der Waals surface area contributed by atoms with Crippen LogP contribution in [0.3, 0.4) is 0 Å². The molecule has 14 heavy (non-hydrogen) atoms. The van der Waals surface area contributed by atoms with Crippen LogP contribution < -0.4 is 0 Å². The first-order chi connectivity index (χ1) is 6.65. The van der Waals surface area contributed by atoms with Crippen molar-refractivity contribution in [1.82, 2.24) is 0 Å². The average Bonchev–Trinajstić information content (AvgIpc) is 2.17. The molecule has 1 aromatic rings. The van der Waals surface area contributed by atoms with Crippen LogP contribution in [0.4, 0.5) is 0 Å². The molecule has 0 heterocycles. The number of aliphatic hydroxyl groups is 2. The van der Waals surface area contributed by atoms with Gasteiger partial charge in [0.1, 0.15) is 6.10 Å². The van der Waals surface area contributed by atoms with E-state index >= 15 is 0 Å². The lowest BCUT2D eigenvalue weighted by Crippen LogP contribution is -2.18. The molecule has 78 valence electrons. The van der Waals surface area contributed by atoms with Crippen LogP contribution in [0.1, 0.15) is 18.1 Å². The quantitative estimate of drug-likeness (QED) is 0.549. The largest absolute Gasteiger partial charge is 0.390 e. The molecule has 0 saturated carbocycles. The molecule has 0 aliphatic heterocycles. The molecule has 0 aliphatic carbocycles. The van der Waals surface area contributed by atoms with Crippen LogP contribution in [0.25, 0.3) is 0 Å². The van der Waals surface area contributed by atoms with Gasteiger partial charge in [-0.2, -0.15) is 0 Å². The molecule has 0 fully saturated rings. The molecule has 0 aromatic heterocycles. The highest BCUT2D eigenvalue weighted by molar-refractivity contribution is 7.80. The fraction of sp³-hybridized carbons (Fsp3) is 0.400. The number of hydrogen-bond donors (Lipinski definition) is 3. The van der Waals surface area contributed by atoms with Gasteiger partial charge in [-0.3, -0.25) is 0 Å². The molecule has 1 aromatic carbocycles. The van der Waals surface area contributed by atoms with Gasteiger partial charge in [-0.15, -0.1) is 24.2 Å². The SMILES string of the molecule is OC(CCCl)C(O)c1cccc(S)c1. The highest BCUT2D eigenvalue weighted by Gasteiger charge is 2.17. The number of benzene rings is 1. The molecule has 0 aliphatic rings. The number of halogens is 1. The summed E-state index contributed by atoms with van der Waals surface area (Å²) in [5.41, 5.74) is 0.662. The Morgan fingerprint density at radius 2 is 2.07 bits per heavy atom. The van der Waals surface area contributed by atoms with Crippen molar-refractivity contribution in [3.8, 4) is 0 Å². The van der Waals surface area contributed by atoms with E-state index in [1.165, 1.54) is 0 Å². The second kappa shape index (κ2) is 5.61. The van der Waals surface area contributed by atoms with Gasteiger partial charge in [-0.05, 0) is 24.1 Å². The summed E-state index contributed by atoms with van der Waals surface area (Å²) < 4.78 is 0. The van der Waals surface area contributed by atoms with Crippen molar-refractivity contribution in [1.29, 1.82) is 0 Å². The molecule has 2 unspecified atom stereocenters. The van der Waals surface area contributed by atoms with Crippen LogP contribution in [0.2, 0.25) is 0 Å². The Morgan fingerprint density at radius 1 is 1.36 bits per heavy atom. The summed E-state index contributed by atoms with van der Waals surface area (Å²) in [6.45, 7) is 0. The van der Waals surface area contributed by atoms with Gasteiger partial charge in [0.25, 0.3) is 0 Å². The van der Waals surface area contributed by atoms with Crippen LogP contribution in [0.5, 0.6) is 0 Å². The van der Waals surface area contributed by atoms with Gasteiger partial charge in [0.15, 0.2) is 0 Å². The number of alkyl halides is 1. The minimum Gasteiger partial charge on any atom is -0.390 e. The molecular formula is C10H13ClO2S. The maximum atomic E-state index is 9.70. The Bertz CT molecular complexity index is 293. The standard InChI is InChI=1S/C10H13ClO2S/c11-5-4-9(12)10(13)7-2-1-3-8(14)6-7/h1-3,6,9-10,12-14H,4-5H2. The first-order valence-corrected chi connectivity index (χ1v) is 5.34. The number of hydrogen-bond acceptors (Lipinski definition) is 3. The molecule has 0 bridgehead atoms. The third-order valence-corrected chi connectivity index (χ3v) is 2.48. The Morgan fingerprint density at radius 3 is 2.64 bits per heavy atom. The van der Waals surface area contributed by atoms with Gasteiger partial charge in [0.05, 0.1) is 6.10 Å². The van der Waals surface area contributed by atoms with Crippen LogP contribution in [-0.2, 0) is 0 Å². The van der Waals surface area contributed by atoms with E-state index in [-0.39, 0.29) is 0 Å². The number of aliphatic hydroxyl groups excluding tert-OH is 2. The van der Waals surface area contributed by atoms with Crippen LogP contribution in [-0.4, -0.2) is 22.2 Å². The molecule has 0 amide bonds. The normalized spacial score (nSPS) is 15.1. The summed E-state index contributed by atoms with van der Waals surface area (Å²) in [7, 11) is 0. The van der Waals surface area contributed by atoms with Gasteiger partial charge in [0.2, 0.25) is 0 Å². The van der Waals surface area contributed by atoms with Crippen molar-refractivity contribution >= 4 is 24.2 Å². The van der Waals surface area contributed by atoms with Crippen molar-refractivity contribution in [2.45, 2.75) is 23.5 Å². The van der Waals surface area contributed by atoms with Gasteiger partial charge >= 0.3 is 0 Å². The topological polar surface area (TPSA) is 40.5 Å². The van der Waals surface area contributed by atoms with Crippen molar-refractivity contribution in [2.75, 3.05) is 5.88 Å². The second-order valence-corrected chi connectivity index (χ2v) is 3.98. The minimum absolute atomic E-state index is 0.332. The number of thiol groups is 1. The molecule has 4 heteroatoms. The van der Waals surface area contributed by atoms with Crippen molar-refractivity contribution in [3.05, 3.63) is 29.8 Å². The fourth-order valence-electron chi connectivity index (χ4n) is 1.20. The summed E-state index contributed by atoms with van der Waals surface area (Å²) in [5.74, 6) is 0.332.